The van der Waals surface area contributed by atoms with Crippen molar-refractivity contribution < 1.29 is 14.0 Å². The van der Waals surface area contributed by atoms with Crippen molar-refractivity contribution in [2.45, 2.75) is 13.0 Å². The van der Waals surface area contributed by atoms with Gasteiger partial charge in [0.2, 0.25) is 0 Å². The van der Waals surface area contributed by atoms with E-state index in [0.717, 1.165) is 30.8 Å². The SMILES string of the molecule is O=C(Nc1ccccc1)c1cccc(CN2CCCN(C(=O)c3cccc(F)c3)CC2)c1. The highest BCUT2D eigenvalue weighted by Gasteiger charge is 2.21. The molecule has 1 fully saturated rings. The van der Waals surface area contributed by atoms with Gasteiger partial charge in [-0.15, -0.1) is 0 Å². The Balaban J connectivity index is 1.36. The highest BCUT2D eigenvalue weighted by Crippen LogP contribution is 2.15. The zero-order valence-electron chi connectivity index (χ0n) is 17.8. The molecule has 1 aliphatic rings. The molecule has 1 heterocycles. The molecule has 3 aromatic carbocycles. The Kier molecular flexibility index (Phi) is 6.92. The van der Waals surface area contributed by atoms with Gasteiger partial charge in [0.15, 0.2) is 0 Å². The summed E-state index contributed by atoms with van der Waals surface area (Å²) in [5, 5.41) is 2.91. The Morgan fingerprint density at radius 3 is 2.41 bits per heavy atom. The Morgan fingerprint density at radius 2 is 1.59 bits per heavy atom. The summed E-state index contributed by atoms with van der Waals surface area (Å²) in [7, 11) is 0. The predicted molar refractivity (Wildman–Crippen MR) is 123 cm³/mol. The number of carbonyl (C=O) groups is 2. The van der Waals surface area contributed by atoms with Gasteiger partial charge in [-0.05, 0) is 54.4 Å². The van der Waals surface area contributed by atoms with Gasteiger partial charge in [0, 0.05) is 49.5 Å². The molecule has 0 unspecified atom stereocenters. The number of para-hydroxylation sites is 1. The molecule has 1 aliphatic heterocycles. The van der Waals surface area contributed by atoms with Crippen LogP contribution >= 0.6 is 0 Å². The van der Waals surface area contributed by atoms with Crippen molar-refractivity contribution in [2.24, 2.45) is 0 Å². The number of anilines is 1. The second-order valence-corrected chi connectivity index (χ2v) is 7.95. The third-order valence-corrected chi connectivity index (χ3v) is 5.57. The zero-order valence-corrected chi connectivity index (χ0v) is 17.8. The maximum absolute atomic E-state index is 13.5. The molecule has 32 heavy (non-hydrogen) atoms. The highest BCUT2D eigenvalue weighted by molar-refractivity contribution is 6.04. The maximum Gasteiger partial charge on any atom is 0.255 e. The lowest BCUT2D eigenvalue weighted by molar-refractivity contribution is 0.0760. The number of nitrogens with one attached hydrogen (secondary N) is 1. The third kappa shape index (κ3) is 5.59. The topological polar surface area (TPSA) is 52.7 Å². The molecule has 0 bridgehead atoms. The Bertz CT molecular complexity index is 1090. The molecule has 3 aromatic rings. The van der Waals surface area contributed by atoms with E-state index in [0.29, 0.717) is 30.8 Å². The van der Waals surface area contributed by atoms with Crippen LogP contribution in [0.5, 0.6) is 0 Å². The van der Waals surface area contributed by atoms with Crippen molar-refractivity contribution in [2.75, 3.05) is 31.5 Å². The van der Waals surface area contributed by atoms with E-state index in [2.05, 4.69) is 10.2 Å². The van der Waals surface area contributed by atoms with Gasteiger partial charge in [0.05, 0.1) is 0 Å². The second-order valence-electron chi connectivity index (χ2n) is 7.95. The number of hydrogen-bond acceptors (Lipinski definition) is 3. The van der Waals surface area contributed by atoms with Crippen LogP contribution in [0.25, 0.3) is 0 Å². The van der Waals surface area contributed by atoms with Crippen LogP contribution in [-0.2, 0) is 6.54 Å². The van der Waals surface area contributed by atoms with Crippen LogP contribution in [0.2, 0.25) is 0 Å². The monoisotopic (exact) mass is 431 g/mol. The lowest BCUT2D eigenvalue weighted by Gasteiger charge is -2.22. The molecule has 0 radical (unpaired) electrons. The van der Waals surface area contributed by atoms with E-state index in [1.54, 1.807) is 17.0 Å². The molecular formula is C26H26FN3O2. The summed E-state index contributed by atoms with van der Waals surface area (Å²) in [4.78, 5) is 29.4. The molecule has 0 aromatic heterocycles. The Hall–Kier alpha value is -3.51. The number of nitrogens with zero attached hydrogens (tertiary/aromatic N) is 2. The van der Waals surface area contributed by atoms with E-state index < -0.39 is 5.82 Å². The van der Waals surface area contributed by atoms with E-state index in [-0.39, 0.29) is 11.8 Å². The predicted octanol–water partition coefficient (Wildman–Crippen LogP) is 4.43. The van der Waals surface area contributed by atoms with Gasteiger partial charge in [-0.25, -0.2) is 4.39 Å². The molecule has 0 aliphatic carbocycles. The highest BCUT2D eigenvalue weighted by atomic mass is 19.1. The van der Waals surface area contributed by atoms with E-state index in [1.165, 1.54) is 12.1 Å². The van der Waals surface area contributed by atoms with Crippen LogP contribution < -0.4 is 5.32 Å². The van der Waals surface area contributed by atoms with E-state index >= 15 is 0 Å². The number of carbonyl (C=O) groups excluding carboxylic acids is 2. The Labute approximate surface area is 187 Å². The van der Waals surface area contributed by atoms with Crippen LogP contribution in [0.15, 0.2) is 78.9 Å². The fraction of sp³-hybridized carbons (Fsp3) is 0.231. The minimum absolute atomic E-state index is 0.133. The molecule has 0 saturated carbocycles. The van der Waals surface area contributed by atoms with Crippen LogP contribution in [0.1, 0.15) is 32.7 Å². The lowest BCUT2D eigenvalue weighted by atomic mass is 10.1. The van der Waals surface area contributed by atoms with E-state index in [1.807, 2.05) is 54.6 Å². The molecule has 0 atom stereocenters. The van der Waals surface area contributed by atoms with Crippen LogP contribution in [0.3, 0.4) is 0 Å². The molecule has 4 rings (SSSR count). The summed E-state index contributed by atoms with van der Waals surface area (Å²) >= 11 is 0. The molecule has 2 amide bonds. The molecular weight excluding hydrogens is 405 g/mol. The van der Waals surface area contributed by atoms with Gasteiger partial charge in [0.25, 0.3) is 11.8 Å². The maximum atomic E-state index is 13.5. The molecule has 6 heteroatoms. The minimum Gasteiger partial charge on any atom is -0.337 e. The lowest BCUT2D eigenvalue weighted by Crippen LogP contribution is -2.35. The van der Waals surface area contributed by atoms with Gasteiger partial charge in [-0.1, -0.05) is 36.4 Å². The van der Waals surface area contributed by atoms with Crippen molar-refractivity contribution >= 4 is 17.5 Å². The standard InChI is InChI=1S/C26H26FN3O2/c27-23-10-5-9-22(18-23)26(32)30-14-6-13-29(15-16-30)19-20-7-4-8-21(17-20)25(31)28-24-11-2-1-3-12-24/h1-5,7-12,17-18H,6,13-16,19H2,(H,28,31). The molecule has 1 N–H and O–H groups in total. The van der Waals surface area contributed by atoms with Crippen molar-refractivity contribution in [1.29, 1.82) is 0 Å². The molecule has 0 spiro atoms. The summed E-state index contributed by atoms with van der Waals surface area (Å²) in [6, 6.07) is 22.9. The molecule has 164 valence electrons. The smallest absolute Gasteiger partial charge is 0.255 e. The summed E-state index contributed by atoms with van der Waals surface area (Å²) in [6.45, 7) is 3.51. The zero-order chi connectivity index (χ0) is 22.3. The van der Waals surface area contributed by atoms with E-state index in [4.69, 9.17) is 0 Å². The summed E-state index contributed by atoms with van der Waals surface area (Å²) in [5.41, 5.74) is 2.81. The fourth-order valence-corrected chi connectivity index (χ4v) is 3.93. The average molecular weight is 432 g/mol. The van der Waals surface area contributed by atoms with Gasteiger partial charge in [0.1, 0.15) is 5.82 Å². The van der Waals surface area contributed by atoms with Crippen LogP contribution in [0, 0.1) is 5.82 Å². The summed E-state index contributed by atoms with van der Waals surface area (Å²) in [5.74, 6) is -0.671. The number of hydrogen-bond donors (Lipinski definition) is 1. The third-order valence-electron chi connectivity index (χ3n) is 5.57. The minimum atomic E-state index is -0.400. The quantitative estimate of drug-likeness (QED) is 0.650. The van der Waals surface area contributed by atoms with Gasteiger partial charge in [-0.3, -0.25) is 14.5 Å². The van der Waals surface area contributed by atoms with Gasteiger partial charge in [-0.2, -0.15) is 0 Å². The van der Waals surface area contributed by atoms with Crippen LogP contribution in [-0.4, -0.2) is 47.8 Å². The summed E-state index contributed by atoms with van der Waals surface area (Å²) in [6.07, 6.45) is 0.842. The van der Waals surface area contributed by atoms with Crippen molar-refractivity contribution in [3.05, 3.63) is 101 Å². The van der Waals surface area contributed by atoms with Gasteiger partial charge < -0.3 is 10.2 Å². The first kappa shape index (κ1) is 21.7. The molecule has 5 nitrogen and oxygen atoms in total. The second kappa shape index (κ2) is 10.2. The van der Waals surface area contributed by atoms with Crippen molar-refractivity contribution in [3.8, 4) is 0 Å². The van der Waals surface area contributed by atoms with Crippen LogP contribution in [0.4, 0.5) is 10.1 Å². The number of amides is 2. The van der Waals surface area contributed by atoms with Crippen molar-refractivity contribution in [3.63, 3.8) is 0 Å². The van der Waals surface area contributed by atoms with E-state index in [9.17, 15) is 14.0 Å². The van der Waals surface area contributed by atoms with Crippen molar-refractivity contribution in [1.82, 2.24) is 9.80 Å². The normalized spacial score (nSPS) is 14.6. The Morgan fingerprint density at radius 1 is 0.812 bits per heavy atom. The largest absolute Gasteiger partial charge is 0.337 e. The first-order valence-corrected chi connectivity index (χ1v) is 10.8. The first-order valence-electron chi connectivity index (χ1n) is 10.8. The van der Waals surface area contributed by atoms with Gasteiger partial charge >= 0.3 is 0 Å². The number of halogens is 1. The first-order chi connectivity index (χ1) is 15.6. The molecule has 1 saturated heterocycles. The number of benzene rings is 3. The fourth-order valence-electron chi connectivity index (χ4n) is 3.93. The number of rotatable bonds is 5. The summed E-state index contributed by atoms with van der Waals surface area (Å²) < 4.78 is 13.5. The average Bonchev–Trinajstić information content (AvgIpc) is 3.05.